The molecule has 6 heteroatoms. The second-order valence-corrected chi connectivity index (χ2v) is 4.32. The number of hydrogen-bond acceptors (Lipinski definition) is 3. The summed E-state index contributed by atoms with van der Waals surface area (Å²) in [4.78, 5) is 22.1. The zero-order valence-corrected chi connectivity index (χ0v) is 11.5. The van der Waals surface area contributed by atoms with Crippen molar-refractivity contribution in [3.63, 3.8) is 0 Å². The molecule has 0 heterocycles. The monoisotopic (exact) mass is 280 g/mol. The minimum atomic E-state index is -0.867. The van der Waals surface area contributed by atoms with Gasteiger partial charge in [-0.3, -0.25) is 4.79 Å². The van der Waals surface area contributed by atoms with Crippen LogP contribution >= 0.6 is 0 Å². The van der Waals surface area contributed by atoms with Gasteiger partial charge in [-0.2, -0.15) is 0 Å². The van der Waals surface area contributed by atoms with Crippen LogP contribution in [0.25, 0.3) is 0 Å². The average molecular weight is 280 g/mol. The van der Waals surface area contributed by atoms with Gasteiger partial charge in [-0.05, 0) is 12.0 Å². The molecular weight excluding hydrogens is 260 g/mol. The summed E-state index contributed by atoms with van der Waals surface area (Å²) in [5.74, 6) is -0.867. The minimum Gasteiger partial charge on any atom is -0.481 e. The van der Waals surface area contributed by atoms with Crippen LogP contribution in [0.3, 0.4) is 0 Å². The molecular formula is C14H20N2O4. The molecule has 6 nitrogen and oxygen atoms in total. The molecule has 1 unspecified atom stereocenters. The van der Waals surface area contributed by atoms with Crippen LogP contribution in [-0.4, -0.2) is 37.4 Å². The number of carbonyl (C=O) groups is 2. The van der Waals surface area contributed by atoms with Crippen LogP contribution < -0.4 is 10.6 Å². The summed E-state index contributed by atoms with van der Waals surface area (Å²) in [6.45, 7) is 0.694. The van der Waals surface area contributed by atoms with Crippen molar-refractivity contribution in [1.82, 2.24) is 10.6 Å². The van der Waals surface area contributed by atoms with Gasteiger partial charge in [0.15, 0.2) is 0 Å². The zero-order chi connectivity index (χ0) is 14.8. The number of carbonyl (C=O) groups excluding carboxylic acids is 1. The number of carboxylic acids is 1. The van der Waals surface area contributed by atoms with Gasteiger partial charge in [0.25, 0.3) is 0 Å². The first-order chi connectivity index (χ1) is 9.63. The van der Waals surface area contributed by atoms with Crippen LogP contribution in [-0.2, 0) is 9.53 Å². The Balaban J connectivity index is 2.41. The summed E-state index contributed by atoms with van der Waals surface area (Å²) in [6, 6.07) is 8.94. The normalized spacial score (nSPS) is 11.7. The Labute approximate surface area is 118 Å². The maximum atomic E-state index is 11.7. The van der Waals surface area contributed by atoms with E-state index in [0.29, 0.717) is 19.6 Å². The summed E-state index contributed by atoms with van der Waals surface area (Å²) in [7, 11) is 1.57. The molecule has 0 radical (unpaired) electrons. The maximum Gasteiger partial charge on any atom is 0.315 e. The van der Waals surface area contributed by atoms with E-state index in [2.05, 4.69) is 10.6 Å². The Kier molecular flexibility index (Phi) is 7.13. The van der Waals surface area contributed by atoms with Gasteiger partial charge < -0.3 is 20.5 Å². The third-order valence-corrected chi connectivity index (χ3v) is 2.69. The second-order valence-electron chi connectivity index (χ2n) is 4.32. The third-order valence-electron chi connectivity index (χ3n) is 2.69. The molecule has 0 aromatic heterocycles. The van der Waals surface area contributed by atoms with Gasteiger partial charge >= 0.3 is 12.0 Å². The lowest BCUT2D eigenvalue weighted by Gasteiger charge is -2.18. The number of benzene rings is 1. The Morgan fingerprint density at radius 1 is 1.30 bits per heavy atom. The van der Waals surface area contributed by atoms with Crippen molar-refractivity contribution in [3.8, 4) is 0 Å². The molecule has 0 bridgehead atoms. The first kappa shape index (κ1) is 16.0. The lowest BCUT2D eigenvalue weighted by Crippen LogP contribution is -2.39. The molecule has 3 N–H and O–H groups in total. The van der Waals surface area contributed by atoms with E-state index in [0.717, 1.165) is 5.56 Å². The number of urea groups is 1. The van der Waals surface area contributed by atoms with Crippen molar-refractivity contribution in [2.75, 3.05) is 20.3 Å². The molecule has 0 saturated carbocycles. The summed E-state index contributed by atoms with van der Waals surface area (Å²) < 4.78 is 5.10. The molecule has 0 aliphatic heterocycles. The van der Waals surface area contributed by atoms with Gasteiger partial charge in [0.2, 0.25) is 0 Å². The van der Waals surface area contributed by atoms with Crippen LogP contribution in [0.15, 0.2) is 30.3 Å². The molecule has 1 aromatic carbocycles. The van der Waals surface area contributed by atoms with Crippen molar-refractivity contribution >= 4 is 12.0 Å². The van der Waals surface area contributed by atoms with Crippen molar-refractivity contribution in [2.45, 2.75) is 18.9 Å². The Morgan fingerprint density at radius 2 is 2.00 bits per heavy atom. The largest absolute Gasteiger partial charge is 0.481 e. The fourth-order valence-corrected chi connectivity index (χ4v) is 1.72. The zero-order valence-electron chi connectivity index (χ0n) is 11.5. The highest BCUT2D eigenvalue weighted by Gasteiger charge is 2.13. The molecule has 0 spiro atoms. The molecule has 1 aromatic rings. The van der Waals surface area contributed by atoms with Crippen LogP contribution in [0.5, 0.6) is 0 Å². The Morgan fingerprint density at radius 3 is 2.60 bits per heavy atom. The molecule has 20 heavy (non-hydrogen) atoms. The number of nitrogens with one attached hydrogen (secondary N) is 2. The molecule has 0 fully saturated rings. The van der Waals surface area contributed by atoms with E-state index in [1.807, 2.05) is 30.3 Å². The van der Waals surface area contributed by atoms with Gasteiger partial charge in [0, 0.05) is 20.1 Å². The van der Waals surface area contributed by atoms with E-state index in [4.69, 9.17) is 9.84 Å². The van der Waals surface area contributed by atoms with Crippen molar-refractivity contribution < 1.29 is 19.4 Å². The van der Waals surface area contributed by atoms with E-state index in [9.17, 15) is 9.59 Å². The van der Waals surface area contributed by atoms with E-state index in [1.54, 1.807) is 7.11 Å². The molecule has 0 aliphatic rings. The van der Waals surface area contributed by atoms with E-state index in [1.165, 1.54) is 0 Å². The topological polar surface area (TPSA) is 87.7 Å². The van der Waals surface area contributed by atoms with Gasteiger partial charge in [-0.15, -0.1) is 0 Å². The molecule has 1 atom stereocenters. The number of hydrogen-bond donors (Lipinski definition) is 3. The van der Waals surface area contributed by atoms with Crippen LogP contribution in [0, 0.1) is 0 Å². The number of carboxylic acid groups (broad SMARTS) is 1. The SMILES string of the molecule is COCC(NC(=O)NCCCC(=O)O)c1ccccc1. The number of ether oxygens (including phenoxy) is 1. The van der Waals surface area contributed by atoms with Gasteiger partial charge in [0.1, 0.15) is 0 Å². The molecule has 0 aliphatic carbocycles. The quantitative estimate of drug-likeness (QED) is 0.630. The molecule has 0 saturated heterocycles. The third kappa shape index (κ3) is 6.19. The summed E-state index contributed by atoms with van der Waals surface area (Å²) in [6.07, 6.45) is 0.448. The molecule has 2 amide bonds. The number of rotatable bonds is 8. The van der Waals surface area contributed by atoms with Gasteiger partial charge in [-0.25, -0.2) is 4.79 Å². The van der Waals surface area contributed by atoms with Crippen molar-refractivity contribution in [1.29, 1.82) is 0 Å². The summed E-state index contributed by atoms with van der Waals surface area (Å²) in [5.41, 5.74) is 0.954. The summed E-state index contributed by atoms with van der Waals surface area (Å²) >= 11 is 0. The highest BCUT2D eigenvalue weighted by atomic mass is 16.5. The fourth-order valence-electron chi connectivity index (χ4n) is 1.72. The minimum absolute atomic E-state index is 0.0421. The van der Waals surface area contributed by atoms with Crippen molar-refractivity contribution in [2.24, 2.45) is 0 Å². The highest BCUT2D eigenvalue weighted by molar-refractivity contribution is 5.74. The number of methoxy groups -OCH3 is 1. The molecule has 110 valence electrons. The fraction of sp³-hybridized carbons (Fsp3) is 0.429. The predicted molar refractivity (Wildman–Crippen MR) is 74.5 cm³/mol. The number of amides is 2. The first-order valence-corrected chi connectivity index (χ1v) is 6.43. The summed E-state index contributed by atoms with van der Waals surface area (Å²) in [5, 5.41) is 13.9. The lowest BCUT2D eigenvalue weighted by molar-refractivity contribution is -0.137. The second kappa shape index (κ2) is 8.92. The smallest absolute Gasteiger partial charge is 0.315 e. The van der Waals surface area contributed by atoms with Crippen LogP contribution in [0.1, 0.15) is 24.4 Å². The van der Waals surface area contributed by atoms with Crippen LogP contribution in [0.4, 0.5) is 4.79 Å². The van der Waals surface area contributed by atoms with E-state index < -0.39 is 5.97 Å². The van der Waals surface area contributed by atoms with Gasteiger partial charge in [-0.1, -0.05) is 30.3 Å². The number of aliphatic carboxylic acids is 1. The van der Waals surface area contributed by atoms with Crippen LogP contribution in [0.2, 0.25) is 0 Å². The lowest BCUT2D eigenvalue weighted by atomic mass is 10.1. The average Bonchev–Trinajstić information content (AvgIpc) is 2.44. The Bertz CT molecular complexity index is 422. The van der Waals surface area contributed by atoms with E-state index >= 15 is 0 Å². The predicted octanol–water partition coefficient (Wildman–Crippen LogP) is 1.54. The standard InChI is InChI=1S/C14H20N2O4/c1-20-10-12(11-6-3-2-4-7-11)16-14(19)15-9-5-8-13(17)18/h2-4,6-7,12H,5,8-10H2,1H3,(H,17,18)(H2,15,16,19). The Hall–Kier alpha value is -2.08. The van der Waals surface area contributed by atoms with Gasteiger partial charge in [0.05, 0.1) is 12.6 Å². The first-order valence-electron chi connectivity index (χ1n) is 6.43. The van der Waals surface area contributed by atoms with E-state index in [-0.39, 0.29) is 18.5 Å². The molecule has 1 rings (SSSR count). The maximum absolute atomic E-state index is 11.7. The van der Waals surface area contributed by atoms with Crippen molar-refractivity contribution in [3.05, 3.63) is 35.9 Å². The highest BCUT2D eigenvalue weighted by Crippen LogP contribution is 2.12.